The van der Waals surface area contributed by atoms with Crippen LogP contribution < -0.4 is 0 Å². The van der Waals surface area contributed by atoms with Gasteiger partial charge in [0, 0.05) is 11.6 Å². The standard InChI is InChI=1S/C10H5N5S/c11-3-7-1-2-9-13-14-10(15(9)4-7)8-5-16-6-12-8/h1-2,4-6H. The molecule has 0 N–H and O–H groups in total. The highest BCUT2D eigenvalue weighted by Gasteiger charge is 2.09. The van der Waals surface area contributed by atoms with E-state index >= 15 is 0 Å². The fourth-order valence-corrected chi connectivity index (χ4v) is 1.98. The molecule has 5 nitrogen and oxygen atoms in total. The molecule has 0 spiro atoms. The molecule has 0 aromatic carbocycles. The molecule has 3 rings (SSSR count). The van der Waals surface area contributed by atoms with Gasteiger partial charge in [0.2, 0.25) is 0 Å². The predicted molar refractivity (Wildman–Crippen MR) is 58.8 cm³/mol. The summed E-state index contributed by atoms with van der Waals surface area (Å²) in [6, 6.07) is 5.57. The Bertz CT molecular complexity index is 677. The quantitative estimate of drug-likeness (QED) is 0.635. The fraction of sp³-hybridized carbons (Fsp3) is 0. The van der Waals surface area contributed by atoms with E-state index in [4.69, 9.17) is 5.26 Å². The molecule has 0 amide bonds. The van der Waals surface area contributed by atoms with Gasteiger partial charge in [-0.3, -0.25) is 4.40 Å². The van der Waals surface area contributed by atoms with Crippen molar-refractivity contribution in [1.29, 1.82) is 5.26 Å². The second-order valence-corrected chi connectivity index (χ2v) is 3.87. The first-order chi connectivity index (χ1) is 7.88. The van der Waals surface area contributed by atoms with Crippen molar-refractivity contribution >= 4 is 17.0 Å². The highest BCUT2D eigenvalue weighted by molar-refractivity contribution is 7.07. The van der Waals surface area contributed by atoms with Crippen LogP contribution in [0.5, 0.6) is 0 Å². The van der Waals surface area contributed by atoms with Gasteiger partial charge in [0.15, 0.2) is 11.5 Å². The third-order valence-electron chi connectivity index (χ3n) is 2.19. The minimum Gasteiger partial charge on any atom is -0.280 e. The van der Waals surface area contributed by atoms with Crippen LogP contribution >= 0.6 is 11.3 Å². The first-order valence-corrected chi connectivity index (χ1v) is 5.46. The molecule has 0 fully saturated rings. The molecule has 0 saturated carbocycles. The Hall–Kier alpha value is -2.26. The van der Waals surface area contributed by atoms with Crippen molar-refractivity contribution in [3.05, 3.63) is 34.8 Å². The smallest absolute Gasteiger partial charge is 0.187 e. The molecule has 3 aromatic heterocycles. The number of nitriles is 1. The maximum Gasteiger partial charge on any atom is 0.187 e. The summed E-state index contributed by atoms with van der Waals surface area (Å²) < 4.78 is 1.77. The van der Waals surface area contributed by atoms with Gasteiger partial charge < -0.3 is 0 Å². The van der Waals surface area contributed by atoms with Gasteiger partial charge in [-0.05, 0) is 12.1 Å². The number of aromatic nitrogens is 4. The zero-order chi connectivity index (χ0) is 11.0. The average Bonchev–Trinajstić information content (AvgIpc) is 2.96. The lowest BCUT2D eigenvalue weighted by molar-refractivity contribution is 1.10. The molecule has 0 atom stereocenters. The molecular formula is C10H5N5S. The van der Waals surface area contributed by atoms with E-state index in [-0.39, 0.29) is 0 Å². The van der Waals surface area contributed by atoms with Crippen LogP contribution in [0.2, 0.25) is 0 Å². The number of thiazole rings is 1. The summed E-state index contributed by atoms with van der Waals surface area (Å²) in [5.74, 6) is 0.661. The summed E-state index contributed by atoms with van der Waals surface area (Å²) in [4.78, 5) is 4.18. The summed E-state index contributed by atoms with van der Waals surface area (Å²) in [7, 11) is 0. The van der Waals surface area contributed by atoms with Gasteiger partial charge in [-0.15, -0.1) is 21.5 Å². The number of nitrogens with zero attached hydrogens (tertiary/aromatic N) is 5. The van der Waals surface area contributed by atoms with E-state index in [1.807, 2.05) is 5.38 Å². The van der Waals surface area contributed by atoms with Crippen LogP contribution in [0.25, 0.3) is 17.2 Å². The van der Waals surface area contributed by atoms with E-state index in [0.29, 0.717) is 17.0 Å². The monoisotopic (exact) mass is 227 g/mol. The number of pyridine rings is 1. The number of rotatable bonds is 1. The zero-order valence-electron chi connectivity index (χ0n) is 8.03. The highest BCUT2D eigenvalue weighted by Crippen LogP contribution is 2.18. The lowest BCUT2D eigenvalue weighted by Crippen LogP contribution is -1.90. The van der Waals surface area contributed by atoms with E-state index in [9.17, 15) is 0 Å². The molecule has 0 radical (unpaired) electrons. The molecule has 0 bridgehead atoms. The molecule has 3 aromatic rings. The number of hydrogen-bond donors (Lipinski definition) is 0. The van der Waals surface area contributed by atoms with Crippen molar-refractivity contribution in [2.75, 3.05) is 0 Å². The van der Waals surface area contributed by atoms with E-state index in [0.717, 1.165) is 5.69 Å². The normalized spacial score (nSPS) is 10.4. The largest absolute Gasteiger partial charge is 0.280 e. The molecule has 16 heavy (non-hydrogen) atoms. The minimum atomic E-state index is 0.573. The van der Waals surface area contributed by atoms with Crippen LogP contribution in [0, 0.1) is 11.3 Å². The Morgan fingerprint density at radius 2 is 2.25 bits per heavy atom. The van der Waals surface area contributed by atoms with Crippen LogP contribution in [0.15, 0.2) is 29.2 Å². The van der Waals surface area contributed by atoms with Crippen LogP contribution in [-0.2, 0) is 0 Å². The van der Waals surface area contributed by atoms with Crippen molar-refractivity contribution in [2.45, 2.75) is 0 Å². The van der Waals surface area contributed by atoms with E-state index in [1.165, 1.54) is 11.3 Å². The van der Waals surface area contributed by atoms with Crippen molar-refractivity contribution in [3.8, 4) is 17.6 Å². The SMILES string of the molecule is N#Cc1ccc2nnc(-c3cscn3)n2c1. The number of hydrogen-bond acceptors (Lipinski definition) is 5. The van der Waals surface area contributed by atoms with Gasteiger partial charge in [0.25, 0.3) is 0 Å². The van der Waals surface area contributed by atoms with E-state index in [1.54, 1.807) is 28.2 Å². The molecule has 6 heteroatoms. The Balaban J connectivity index is 2.31. The molecule has 0 aliphatic carbocycles. The van der Waals surface area contributed by atoms with Gasteiger partial charge in [0.1, 0.15) is 11.8 Å². The summed E-state index contributed by atoms with van der Waals surface area (Å²) in [5, 5.41) is 18.8. The minimum absolute atomic E-state index is 0.573. The maximum absolute atomic E-state index is 8.84. The van der Waals surface area contributed by atoms with Crippen LogP contribution in [-0.4, -0.2) is 19.6 Å². The second-order valence-electron chi connectivity index (χ2n) is 3.16. The Kier molecular flexibility index (Phi) is 1.91. The molecule has 0 aliphatic rings. The Morgan fingerprint density at radius 1 is 1.31 bits per heavy atom. The van der Waals surface area contributed by atoms with Crippen LogP contribution in [0.1, 0.15) is 5.56 Å². The predicted octanol–water partition coefficient (Wildman–Crippen LogP) is 1.72. The Morgan fingerprint density at radius 3 is 3.00 bits per heavy atom. The average molecular weight is 227 g/mol. The van der Waals surface area contributed by atoms with Crippen molar-refractivity contribution < 1.29 is 0 Å². The van der Waals surface area contributed by atoms with Gasteiger partial charge >= 0.3 is 0 Å². The van der Waals surface area contributed by atoms with Crippen molar-refractivity contribution in [3.63, 3.8) is 0 Å². The molecule has 0 saturated heterocycles. The van der Waals surface area contributed by atoms with Crippen LogP contribution in [0.4, 0.5) is 0 Å². The van der Waals surface area contributed by atoms with Gasteiger partial charge in [-0.25, -0.2) is 4.98 Å². The lowest BCUT2D eigenvalue weighted by Gasteiger charge is -1.96. The van der Waals surface area contributed by atoms with Crippen molar-refractivity contribution in [2.24, 2.45) is 0 Å². The summed E-state index contributed by atoms with van der Waals surface area (Å²) in [6.07, 6.45) is 1.71. The highest BCUT2D eigenvalue weighted by atomic mass is 32.1. The van der Waals surface area contributed by atoms with Crippen LogP contribution in [0.3, 0.4) is 0 Å². The maximum atomic E-state index is 8.84. The van der Waals surface area contributed by atoms with Crippen molar-refractivity contribution in [1.82, 2.24) is 19.6 Å². The molecule has 0 unspecified atom stereocenters. The summed E-state index contributed by atoms with van der Waals surface area (Å²) in [6.45, 7) is 0. The molecule has 0 aliphatic heterocycles. The third kappa shape index (κ3) is 1.26. The summed E-state index contributed by atoms with van der Waals surface area (Å²) in [5.41, 5.74) is 3.79. The van der Waals surface area contributed by atoms with Gasteiger partial charge in [-0.1, -0.05) is 0 Å². The zero-order valence-corrected chi connectivity index (χ0v) is 8.85. The van der Waals surface area contributed by atoms with E-state index < -0.39 is 0 Å². The molecular weight excluding hydrogens is 222 g/mol. The number of fused-ring (bicyclic) bond motifs is 1. The molecule has 76 valence electrons. The second kappa shape index (κ2) is 3.40. The third-order valence-corrected chi connectivity index (χ3v) is 2.78. The topological polar surface area (TPSA) is 66.9 Å². The van der Waals surface area contributed by atoms with Gasteiger partial charge in [0.05, 0.1) is 11.1 Å². The Labute approximate surface area is 94.6 Å². The van der Waals surface area contributed by atoms with E-state index in [2.05, 4.69) is 21.3 Å². The fourth-order valence-electron chi connectivity index (χ4n) is 1.45. The lowest BCUT2D eigenvalue weighted by atomic mass is 10.3. The molecule has 3 heterocycles. The first-order valence-electron chi connectivity index (χ1n) is 4.52. The first kappa shape index (κ1) is 9.00. The summed E-state index contributed by atoms with van der Waals surface area (Å²) >= 11 is 1.50. The van der Waals surface area contributed by atoms with Gasteiger partial charge in [-0.2, -0.15) is 5.26 Å².